The van der Waals surface area contributed by atoms with Crippen LogP contribution in [0.1, 0.15) is 31.2 Å². The lowest BCUT2D eigenvalue weighted by molar-refractivity contribution is -0.109. The van der Waals surface area contributed by atoms with Crippen molar-refractivity contribution in [2.45, 2.75) is 25.7 Å². The van der Waals surface area contributed by atoms with Crippen molar-refractivity contribution in [1.29, 1.82) is 0 Å². The van der Waals surface area contributed by atoms with Crippen molar-refractivity contribution in [1.82, 2.24) is 15.3 Å². The summed E-state index contributed by atoms with van der Waals surface area (Å²) >= 11 is 0. The summed E-state index contributed by atoms with van der Waals surface area (Å²) < 4.78 is 0. The van der Waals surface area contributed by atoms with Crippen LogP contribution in [0.4, 0.5) is 0 Å². The van der Waals surface area contributed by atoms with Gasteiger partial charge >= 0.3 is 5.69 Å². The summed E-state index contributed by atoms with van der Waals surface area (Å²) in [7, 11) is 0. The van der Waals surface area contributed by atoms with Crippen molar-refractivity contribution in [2.24, 2.45) is 0 Å². The summed E-state index contributed by atoms with van der Waals surface area (Å²) in [5, 5.41) is 2.65. The van der Waals surface area contributed by atoms with Gasteiger partial charge < -0.3 is 15.3 Å². The lowest BCUT2D eigenvalue weighted by Gasteiger charge is -2.11. The quantitative estimate of drug-likeness (QED) is 0.534. The van der Waals surface area contributed by atoms with Crippen molar-refractivity contribution in [2.75, 3.05) is 6.54 Å². The van der Waals surface area contributed by atoms with Gasteiger partial charge in [-0.2, -0.15) is 0 Å². The van der Waals surface area contributed by atoms with Crippen molar-refractivity contribution in [3.8, 4) is 0 Å². The highest BCUT2D eigenvalue weighted by molar-refractivity contribution is 5.75. The van der Waals surface area contributed by atoms with Crippen LogP contribution in [0.15, 0.2) is 23.0 Å². The van der Waals surface area contributed by atoms with Gasteiger partial charge in [0.15, 0.2) is 0 Å². The van der Waals surface area contributed by atoms with E-state index >= 15 is 0 Å². The van der Waals surface area contributed by atoms with Gasteiger partial charge in [0, 0.05) is 6.54 Å². The molecule has 0 saturated heterocycles. The molecule has 5 nitrogen and oxygen atoms in total. The molecule has 1 aromatic carbocycles. The molecule has 5 heteroatoms. The summed E-state index contributed by atoms with van der Waals surface area (Å²) in [6.45, 7) is 2.85. The standard InChI is InChI=1S/C13H17N3O2/c1-9(3-2-6-14-8-17)10-4-5-11-12(7-10)16-13(18)15-11/h4-5,7-9H,2-3,6H2,1H3,(H,14,17)(H2,15,16,18). The summed E-state index contributed by atoms with van der Waals surface area (Å²) in [6, 6.07) is 5.96. The van der Waals surface area contributed by atoms with Gasteiger partial charge in [-0.05, 0) is 36.5 Å². The number of amides is 1. The van der Waals surface area contributed by atoms with Crippen LogP contribution < -0.4 is 11.0 Å². The number of H-pyrrole nitrogens is 2. The number of fused-ring (bicyclic) bond motifs is 1. The Hall–Kier alpha value is -2.04. The molecule has 0 fully saturated rings. The predicted octanol–water partition coefficient (Wildman–Crippen LogP) is 1.49. The maximum absolute atomic E-state index is 11.2. The van der Waals surface area contributed by atoms with E-state index in [2.05, 4.69) is 22.2 Å². The summed E-state index contributed by atoms with van der Waals surface area (Å²) in [5.41, 5.74) is 2.70. The molecule has 3 N–H and O–H groups in total. The molecule has 1 unspecified atom stereocenters. The topological polar surface area (TPSA) is 77.8 Å². The molecule has 18 heavy (non-hydrogen) atoms. The summed E-state index contributed by atoms with van der Waals surface area (Å²) in [5.74, 6) is 0.404. The Morgan fingerprint density at radius 3 is 2.89 bits per heavy atom. The number of aromatic nitrogens is 2. The Balaban J connectivity index is 2.05. The summed E-state index contributed by atoms with van der Waals surface area (Å²) in [6.07, 6.45) is 2.67. The zero-order chi connectivity index (χ0) is 13.0. The van der Waals surface area contributed by atoms with Crippen LogP contribution in [-0.4, -0.2) is 22.9 Å². The van der Waals surface area contributed by atoms with Gasteiger partial charge in [-0.15, -0.1) is 0 Å². The predicted molar refractivity (Wildman–Crippen MR) is 70.6 cm³/mol. The normalized spacial score (nSPS) is 12.5. The fraction of sp³-hybridized carbons (Fsp3) is 0.385. The molecular formula is C13H17N3O2. The highest BCUT2D eigenvalue weighted by atomic mass is 16.1. The molecule has 0 aliphatic heterocycles. The Labute approximate surface area is 105 Å². The van der Waals surface area contributed by atoms with Crippen LogP contribution in [0.5, 0.6) is 0 Å². The van der Waals surface area contributed by atoms with E-state index in [4.69, 9.17) is 0 Å². The van der Waals surface area contributed by atoms with Crippen LogP contribution in [-0.2, 0) is 4.79 Å². The van der Waals surface area contributed by atoms with Gasteiger partial charge in [0.05, 0.1) is 11.0 Å². The number of hydrogen-bond acceptors (Lipinski definition) is 2. The zero-order valence-corrected chi connectivity index (χ0v) is 10.3. The first-order valence-corrected chi connectivity index (χ1v) is 6.09. The minimum atomic E-state index is -0.176. The molecule has 1 aromatic heterocycles. The first kappa shape index (κ1) is 12.4. The van der Waals surface area contributed by atoms with Crippen LogP contribution in [0.2, 0.25) is 0 Å². The molecule has 2 aromatic rings. The lowest BCUT2D eigenvalue weighted by Crippen LogP contribution is -2.12. The highest BCUT2D eigenvalue weighted by Gasteiger charge is 2.07. The smallest absolute Gasteiger partial charge is 0.323 e. The molecular weight excluding hydrogens is 230 g/mol. The van der Waals surface area contributed by atoms with E-state index in [0.29, 0.717) is 12.5 Å². The average molecular weight is 247 g/mol. The second kappa shape index (κ2) is 5.53. The van der Waals surface area contributed by atoms with Crippen molar-refractivity contribution >= 4 is 17.4 Å². The largest absolute Gasteiger partial charge is 0.359 e. The van der Waals surface area contributed by atoms with Gasteiger partial charge in [0.1, 0.15) is 0 Å². The van der Waals surface area contributed by atoms with E-state index < -0.39 is 0 Å². The molecule has 0 aliphatic rings. The van der Waals surface area contributed by atoms with Crippen molar-refractivity contribution in [3.05, 3.63) is 34.2 Å². The minimum absolute atomic E-state index is 0.176. The first-order chi connectivity index (χ1) is 8.70. The van der Waals surface area contributed by atoms with Gasteiger partial charge in [0.25, 0.3) is 0 Å². The number of nitrogens with one attached hydrogen (secondary N) is 3. The van der Waals surface area contributed by atoms with E-state index in [1.165, 1.54) is 5.56 Å². The highest BCUT2D eigenvalue weighted by Crippen LogP contribution is 2.22. The third kappa shape index (κ3) is 2.80. The Bertz CT molecular complexity index is 585. The monoisotopic (exact) mass is 247 g/mol. The molecule has 0 saturated carbocycles. The van der Waals surface area contributed by atoms with Gasteiger partial charge in [-0.1, -0.05) is 13.0 Å². The van der Waals surface area contributed by atoms with Crippen LogP contribution in [0.25, 0.3) is 11.0 Å². The summed E-state index contributed by atoms with van der Waals surface area (Å²) in [4.78, 5) is 26.8. The number of imidazole rings is 1. The van der Waals surface area contributed by atoms with Crippen LogP contribution in [0, 0.1) is 0 Å². The lowest BCUT2D eigenvalue weighted by atomic mass is 9.96. The third-order valence-electron chi connectivity index (χ3n) is 3.15. The fourth-order valence-electron chi connectivity index (χ4n) is 2.09. The average Bonchev–Trinajstić information content (AvgIpc) is 2.73. The maximum Gasteiger partial charge on any atom is 0.323 e. The number of aromatic amines is 2. The van der Waals surface area contributed by atoms with E-state index in [1.54, 1.807) is 0 Å². The van der Waals surface area contributed by atoms with Gasteiger partial charge in [-0.25, -0.2) is 4.79 Å². The van der Waals surface area contributed by atoms with E-state index in [9.17, 15) is 9.59 Å². The molecule has 1 heterocycles. The molecule has 0 radical (unpaired) electrons. The van der Waals surface area contributed by atoms with Gasteiger partial charge in [-0.3, -0.25) is 4.79 Å². The van der Waals surface area contributed by atoms with E-state index in [-0.39, 0.29) is 5.69 Å². The number of hydrogen-bond donors (Lipinski definition) is 3. The van der Waals surface area contributed by atoms with Crippen LogP contribution in [0.3, 0.4) is 0 Å². The Morgan fingerprint density at radius 1 is 1.33 bits per heavy atom. The van der Waals surface area contributed by atoms with Crippen molar-refractivity contribution < 1.29 is 4.79 Å². The molecule has 0 bridgehead atoms. The third-order valence-corrected chi connectivity index (χ3v) is 3.15. The Kier molecular flexibility index (Phi) is 3.82. The van der Waals surface area contributed by atoms with E-state index in [0.717, 1.165) is 30.3 Å². The minimum Gasteiger partial charge on any atom is -0.359 e. The molecule has 1 amide bonds. The molecule has 1 atom stereocenters. The number of carbonyl (C=O) groups excluding carboxylic acids is 1. The van der Waals surface area contributed by atoms with Crippen LogP contribution >= 0.6 is 0 Å². The van der Waals surface area contributed by atoms with Gasteiger partial charge in [0.2, 0.25) is 6.41 Å². The second-order valence-electron chi connectivity index (χ2n) is 4.50. The Morgan fingerprint density at radius 2 is 2.11 bits per heavy atom. The number of benzene rings is 1. The fourth-order valence-corrected chi connectivity index (χ4v) is 2.09. The molecule has 0 spiro atoms. The zero-order valence-electron chi connectivity index (χ0n) is 10.3. The molecule has 0 aliphatic carbocycles. The SMILES string of the molecule is CC(CCCNC=O)c1ccc2[nH]c(=O)[nH]c2c1. The second-order valence-corrected chi connectivity index (χ2v) is 4.50. The van der Waals surface area contributed by atoms with E-state index in [1.807, 2.05) is 18.2 Å². The molecule has 96 valence electrons. The first-order valence-electron chi connectivity index (χ1n) is 6.09. The number of rotatable bonds is 6. The maximum atomic E-state index is 11.2. The molecule has 2 rings (SSSR count). The number of carbonyl (C=O) groups is 1. The van der Waals surface area contributed by atoms with Crippen molar-refractivity contribution in [3.63, 3.8) is 0 Å².